The largest absolute Gasteiger partial charge is 0.322 e. The molecule has 0 heterocycles. The third kappa shape index (κ3) is 2.99. The number of halogens is 1. The SMILES string of the molecule is Cc1ccc(NC(=O)c2ccc(C)cc2F)c(C)c1. The molecule has 2 rings (SSSR count). The first-order valence-electron chi connectivity index (χ1n) is 6.12. The molecule has 0 bridgehead atoms. The molecule has 3 heteroatoms. The van der Waals surface area contributed by atoms with E-state index in [1.54, 1.807) is 13.0 Å². The summed E-state index contributed by atoms with van der Waals surface area (Å²) in [5, 5.41) is 2.74. The molecule has 2 nitrogen and oxygen atoms in total. The van der Waals surface area contributed by atoms with E-state index in [0.717, 1.165) is 16.7 Å². The number of hydrogen-bond acceptors (Lipinski definition) is 1. The van der Waals surface area contributed by atoms with Crippen molar-refractivity contribution in [3.05, 3.63) is 64.5 Å². The summed E-state index contributed by atoms with van der Waals surface area (Å²) in [5.74, 6) is -0.924. The first-order chi connectivity index (χ1) is 8.97. The van der Waals surface area contributed by atoms with Crippen molar-refractivity contribution >= 4 is 11.6 Å². The lowest BCUT2D eigenvalue weighted by Crippen LogP contribution is -2.14. The quantitative estimate of drug-likeness (QED) is 0.865. The van der Waals surface area contributed by atoms with Crippen LogP contribution >= 0.6 is 0 Å². The zero-order chi connectivity index (χ0) is 14.0. The van der Waals surface area contributed by atoms with Gasteiger partial charge in [-0.15, -0.1) is 0 Å². The van der Waals surface area contributed by atoms with Gasteiger partial charge in [0.25, 0.3) is 5.91 Å². The van der Waals surface area contributed by atoms with Crippen molar-refractivity contribution in [3.63, 3.8) is 0 Å². The van der Waals surface area contributed by atoms with Crippen LogP contribution in [0.4, 0.5) is 10.1 Å². The normalized spacial score (nSPS) is 10.3. The highest BCUT2D eigenvalue weighted by atomic mass is 19.1. The monoisotopic (exact) mass is 257 g/mol. The molecule has 0 unspecified atom stereocenters. The van der Waals surface area contributed by atoms with E-state index in [1.807, 2.05) is 32.0 Å². The van der Waals surface area contributed by atoms with Crippen molar-refractivity contribution < 1.29 is 9.18 Å². The molecule has 0 aliphatic rings. The number of benzene rings is 2. The van der Waals surface area contributed by atoms with Crippen molar-refractivity contribution in [2.75, 3.05) is 5.32 Å². The summed E-state index contributed by atoms with van der Waals surface area (Å²) in [6, 6.07) is 10.3. The van der Waals surface area contributed by atoms with E-state index in [0.29, 0.717) is 5.69 Å². The lowest BCUT2D eigenvalue weighted by molar-refractivity contribution is 0.102. The molecule has 2 aromatic carbocycles. The number of aryl methyl sites for hydroxylation is 3. The van der Waals surface area contributed by atoms with Gasteiger partial charge in [-0.2, -0.15) is 0 Å². The standard InChI is InChI=1S/C16H16FNO/c1-10-5-7-15(12(3)8-10)18-16(19)13-6-4-11(2)9-14(13)17/h4-9H,1-3H3,(H,18,19). The average Bonchev–Trinajstić information content (AvgIpc) is 2.32. The van der Waals surface area contributed by atoms with Gasteiger partial charge in [-0.05, 0) is 50.1 Å². The fraction of sp³-hybridized carbons (Fsp3) is 0.188. The van der Waals surface area contributed by atoms with Crippen LogP contribution in [-0.2, 0) is 0 Å². The van der Waals surface area contributed by atoms with Crippen LogP contribution in [-0.4, -0.2) is 5.91 Å². The lowest BCUT2D eigenvalue weighted by Gasteiger charge is -2.10. The predicted molar refractivity (Wildman–Crippen MR) is 75.0 cm³/mol. The Hall–Kier alpha value is -2.16. The fourth-order valence-electron chi connectivity index (χ4n) is 1.95. The van der Waals surface area contributed by atoms with Crippen molar-refractivity contribution in [2.45, 2.75) is 20.8 Å². The first-order valence-corrected chi connectivity index (χ1v) is 6.12. The summed E-state index contributed by atoms with van der Waals surface area (Å²) >= 11 is 0. The number of nitrogens with one attached hydrogen (secondary N) is 1. The summed E-state index contributed by atoms with van der Waals surface area (Å²) in [7, 11) is 0. The van der Waals surface area contributed by atoms with Crippen molar-refractivity contribution in [2.24, 2.45) is 0 Å². The molecule has 0 atom stereocenters. The molecular formula is C16H16FNO. The van der Waals surface area contributed by atoms with E-state index in [9.17, 15) is 9.18 Å². The molecule has 0 fully saturated rings. The van der Waals surface area contributed by atoms with Gasteiger partial charge in [0.1, 0.15) is 5.82 Å². The second-order valence-electron chi connectivity index (χ2n) is 4.76. The van der Waals surface area contributed by atoms with Gasteiger partial charge < -0.3 is 5.32 Å². The van der Waals surface area contributed by atoms with E-state index in [4.69, 9.17) is 0 Å². The molecule has 1 N–H and O–H groups in total. The van der Waals surface area contributed by atoms with Gasteiger partial charge >= 0.3 is 0 Å². The van der Waals surface area contributed by atoms with Crippen LogP contribution in [0, 0.1) is 26.6 Å². The predicted octanol–water partition coefficient (Wildman–Crippen LogP) is 4.00. The summed E-state index contributed by atoms with van der Waals surface area (Å²) in [5.41, 5.74) is 3.64. The Balaban J connectivity index is 2.25. The Morgan fingerprint density at radius 3 is 2.26 bits per heavy atom. The summed E-state index contributed by atoms with van der Waals surface area (Å²) < 4.78 is 13.7. The number of hydrogen-bond donors (Lipinski definition) is 1. The number of amides is 1. The van der Waals surface area contributed by atoms with Gasteiger partial charge in [0, 0.05) is 5.69 Å². The average molecular weight is 257 g/mol. The zero-order valence-electron chi connectivity index (χ0n) is 11.3. The zero-order valence-corrected chi connectivity index (χ0v) is 11.3. The Kier molecular flexibility index (Phi) is 3.65. The molecule has 98 valence electrons. The highest BCUT2D eigenvalue weighted by molar-refractivity contribution is 6.04. The smallest absolute Gasteiger partial charge is 0.258 e. The van der Waals surface area contributed by atoms with E-state index < -0.39 is 11.7 Å². The molecule has 0 aromatic heterocycles. The van der Waals surface area contributed by atoms with E-state index in [2.05, 4.69) is 5.32 Å². The second-order valence-corrected chi connectivity index (χ2v) is 4.76. The van der Waals surface area contributed by atoms with Crippen LogP contribution in [0.25, 0.3) is 0 Å². The van der Waals surface area contributed by atoms with Crippen LogP contribution in [0.15, 0.2) is 36.4 Å². The minimum Gasteiger partial charge on any atom is -0.322 e. The minimum atomic E-state index is -0.498. The molecule has 0 spiro atoms. The molecular weight excluding hydrogens is 241 g/mol. The van der Waals surface area contributed by atoms with Crippen LogP contribution < -0.4 is 5.32 Å². The summed E-state index contributed by atoms with van der Waals surface area (Å²) in [6.07, 6.45) is 0. The van der Waals surface area contributed by atoms with E-state index in [1.165, 1.54) is 12.1 Å². The highest BCUT2D eigenvalue weighted by Gasteiger charge is 2.12. The molecule has 0 saturated heterocycles. The fourth-order valence-corrected chi connectivity index (χ4v) is 1.95. The molecule has 0 aliphatic heterocycles. The second kappa shape index (κ2) is 5.22. The Morgan fingerprint density at radius 2 is 1.63 bits per heavy atom. The maximum absolute atomic E-state index is 13.7. The first kappa shape index (κ1) is 13.3. The highest BCUT2D eigenvalue weighted by Crippen LogP contribution is 2.18. The van der Waals surface area contributed by atoms with Gasteiger partial charge in [0.2, 0.25) is 0 Å². The van der Waals surface area contributed by atoms with Gasteiger partial charge in [-0.3, -0.25) is 4.79 Å². The van der Waals surface area contributed by atoms with Crippen molar-refractivity contribution in [1.29, 1.82) is 0 Å². The maximum atomic E-state index is 13.7. The Bertz CT molecular complexity index is 635. The van der Waals surface area contributed by atoms with Crippen molar-refractivity contribution in [1.82, 2.24) is 0 Å². The number of anilines is 1. The third-order valence-electron chi connectivity index (χ3n) is 3.00. The molecule has 0 aliphatic carbocycles. The Labute approximate surface area is 112 Å². The molecule has 2 aromatic rings. The third-order valence-corrected chi connectivity index (χ3v) is 3.00. The number of carbonyl (C=O) groups excluding carboxylic acids is 1. The van der Waals surface area contributed by atoms with Gasteiger partial charge in [-0.1, -0.05) is 23.8 Å². The molecule has 1 amide bonds. The molecule has 0 saturated carbocycles. The van der Waals surface area contributed by atoms with Gasteiger partial charge in [0.15, 0.2) is 0 Å². The van der Waals surface area contributed by atoms with E-state index >= 15 is 0 Å². The van der Waals surface area contributed by atoms with Crippen LogP contribution in [0.2, 0.25) is 0 Å². The van der Waals surface area contributed by atoms with Gasteiger partial charge in [0.05, 0.1) is 5.56 Å². The van der Waals surface area contributed by atoms with Crippen molar-refractivity contribution in [3.8, 4) is 0 Å². The van der Waals surface area contributed by atoms with E-state index in [-0.39, 0.29) is 5.56 Å². The Morgan fingerprint density at radius 1 is 1.00 bits per heavy atom. The summed E-state index contributed by atoms with van der Waals surface area (Å²) in [4.78, 5) is 12.0. The number of carbonyl (C=O) groups is 1. The maximum Gasteiger partial charge on any atom is 0.258 e. The van der Waals surface area contributed by atoms with Gasteiger partial charge in [-0.25, -0.2) is 4.39 Å². The number of rotatable bonds is 2. The molecule has 0 radical (unpaired) electrons. The lowest BCUT2D eigenvalue weighted by atomic mass is 10.1. The van der Waals surface area contributed by atoms with Crippen LogP contribution in [0.3, 0.4) is 0 Å². The van der Waals surface area contributed by atoms with Crippen LogP contribution in [0.5, 0.6) is 0 Å². The topological polar surface area (TPSA) is 29.1 Å². The molecule has 19 heavy (non-hydrogen) atoms. The summed E-state index contributed by atoms with van der Waals surface area (Å²) in [6.45, 7) is 5.68. The van der Waals surface area contributed by atoms with Crippen LogP contribution in [0.1, 0.15) is 27.0 Å². The minimum absolute atomic E-state index is 0.0607.